The highest BCUT2D eigenvalue weighted by Crippen LogP contribution is 2.33. The Balaban J connectivity index is 2.79. The van der Waals surface area contributed by atoms with E-state index in [0.29, 0.717) is 12.1 Å². The zero-order chi connectivity index (χ0) is 17.6. The lowest BCUT2D eigenvalue weighted by Crippen LogP contribution is -2.38. The largest absolute Gasteiger partial charge is 0.308 e. The third-order valence-electron chi connectivity index (χ3n) is 5.03. The summed E-state index contributed by atoms with van der Waals surface area (Å²) in [6, 6.07) is 1.25. The summed E-state index contributed by atoms with van der Waals surface area (Å²) in [6.45, 7) is 2.27. The monoisotopic (exact) mass is 324 g/mol. The van der Waals surface area contributed by atoms with Gasteiger partial charge in [0.2, 0.25) is 0 Å². The molecule has 0 aliphatic heterocycles. The predicted octanol–water partition coefficient (Wildman–Crippen LogP) is 2.23. The van der Waals surface area contributed by atoms with Crippen LogP contribution in [0, 0.1) is 0 Å². The number of hydrogen-bond acceptors (Lipinski definition) is 4. The lowest BCUT2D eigenvalue weighted by molar-refractivity contribution is 0.221. The summed E-state index contributed by atoms with van der Waals surface area (Å²) >= 11 is 0. The number of rotatable bonds is 10. The molecule has 4 nitrogen and oxygen atoms in total. The minimum Gasteiger partial charge on any atom is -0.308 e. The van der Waals surface area contributed by atoms with E-state index in [0.717, 1.165) is 13.1 Å². The molecule has 0 aromatic carbocycles. The molecular weight excluding hydrogens is 284 g/mol. The van der Waals surface area contributed by atoms with E-state index >= 15 is 0 Å². The summed E-state index contributed by atoms with van der Waals surface area (Å²) < 4.78 is 0. The van der Waals surface area contributed by atoms with Crippen molar-refractivity contribution in [2.24, 2.45) is 0 Å². The Morgan fingerprint density at radius 3 is 1.26 bits per heavy atom. The summed E-state index contributed by atoms with van der Waals surface area (Å²) in [5.41, 5.74) is 3.49. The van der Waals surface area contributed by atoms with E-state index in [9.17, 15) is 0 Å². The average molecular weight is 325 g/mol. The molecule has 0 bridgehead atoms. The Labute approximate surface area is 145 Å². The van der Waals surface area contributed by atoms with Gasteiger partial charge in [-0.05, 0) is 88.5 Å². The standard InChI is InChI=1S/C19H40N4/c1-20(2)14-18(22(5)6)12-16-10-9-11-17(16)13-19(23(7)8)15-21(3)4/h18-19H,9-15H2,1-8H3/t18-,19-/m0/s1. The van der Waals surface area contributed by atoms with Crippen molar-refractivity contribution >= 4 is 0 Å². The maximum atomic E-state index is 2.40. The maximum Gasteiger partial charge on any atom is 0.0254 e. The molecule has 0 unspecified atom stereocenters. The van der Waals surface area contributed by atoms with Gasteiger partial charge in [0.1, 0.15) is 0 Å². The molecule has 0 heterocycles. The molecule has 0 fully saturated rings. The molecule has 0 aromatic rings. The molecule has 0 aromatic heterocycles. The lowest BCUT2D eigenvalue weighted by atomic mass is 9.96. The summed E-state index contributed by atoms with van der Waals surface area (Å²) in [7, 11) is 17.6. The van der Waals surface area contributed by atoms with Gasteiger partial charge in [-0.25, -0.2) is 0 Å². The fourth-order valence-electron chi connectivity index (χ4n) is 3.59. The molecule has 4 heteroatoms. The fourth-order valence-corrected chi connectivity index (χ4v) is 3.59. The highest BCUT2D eigenvalue weighted by Gasteiger charge is 2.23. The minimum absolute atomic E-state index is 0.625. The second-order valence-corrected chi connectivity index (χ2v) is 8.23. The van der Waals surface area contributed by atoms with E-state index in [1.165, 1.54) is 32.1 Å². The van der Waals surface area contributed by atoms with Crippen molar-refractivity contribution in [1.82, 2.24) is 19.6 Å². The van der Waals surface area contributed by atoms with Gasteiger partial charge in [-0.3, -0.25) is 0 Å². The second kappa shape index (κ2) is 9.77. The zero-order valence-electron chi connectivity index (χ0n) is 16.9. The van der Waals surface area contributed by atoms with Crippen LogP contribution >= 0.6 is 0 Å². The van der Waals surface area contributed by atoms with Crippen LogP contribution in [-0.4, -0.2) is 101 Å². The molecule has 1 aliphatic carbocycles. The third kappa shape index (κ3) is 7.34. The molecular formula is C19H40N4. The molecule has 1 rings (SSSR count). The van der Waals surface area contributed by atoms with Gasteiger partial charge in [0.05, 0.1) is 0 Å². The summed E-state index contributed by atoms with van der Waals surface area (Å²) in [5.74, 6) is 0. The van der Waals surface area contributed by atoms with Gasteiger partial charge in [-0.15, -0.1) is 0 Å². The SMILES string of the molecule is CN(C)C[C@H](CC1=C(C[C@@H](CN(C)C)N(C)C)CCC1)N(C)C. The van der Waals surface area contributed by atoms with Crippen molar-refractivity contribution in [2.75, 3.05) is 69.5 Å². The van der Waals surface area contributed by atoms with E-state index in [-0.39, 0.29) is 0 Å². The normalized spacial score (nSPS) is 18.8. The Morgan fingerprint density at radius 1 is 0.652 bits per heavy atom. The molecule has 23 heavy (non-hydrogen) atoms. The molecule has 0 amide bonds. The molecule has 0 saturated carbocycles. The van der Waals surface area contributed by atoms with Crippen LogP contribution in [0.25, 0.3) is 0 Å². The Bertz CT molecular complexity index is 338. The summed E-state index contributed by atoms with van der Waals surface area (Å²) in [6.07, 6.45) is 6.46. The highest BCUT2D eigenvalue weighted by molar-refractivity contribution is 5.22. The first kappa shape index (κ1) is 20.6. The zero-order valence-corrected chi connectivity index (χ0v) is 16.9. The van der Waals surface area contributed by atoms with E-state index in [1.807, 2.05) is 0 Å². The second-order valence-electron chi connectivity index (χ2n) is 8.23. The van der Waals surface area contributed by atoms with Crippen molar-refractivity contribution < 1.29 is 0 Å². The van der Waals surface area contributed by atoms with Crippen molar-refractivity contribution in [1.29, 1.82) is 0 Å². The first-order valence-corrected chi connectivity index (χ1v) is 9.02. The first-order chi connectivity index (χ1) is 10.7. The Morgan fingerprint density at radius 2 is 1.00 bits per heavy atom. The van der Waals surface area contributed by atoms with Crippen LogP contribution in [0.4, 0.5) is 0 Å². The average Bonchev–Trinajstić information content (AvgIpc) is 2.83. The van der Waals surface area contributed by atoms with Crippen LogP contribution < -0.4 is 0 Å². The van der Waals surface area contributed by atoms with E-state index in [2.05, 4.69) is 76.0 Å². The van der Waals surface area contributed by atoms with Gasteiger partial charge < -0.3 is 19.6 Å². The number of hydrogen-bond donors (Lipinski definition) is 0. The molecule has 0 spiro atoms. The van der Waals surface area contributed by atoms with Crippen molar-refractivity contribution in [3.63, 3.8) is 0 Å². The molecule has 136 valence electrons. The van der Waals surface area contributed by atoms with Crippen LogP contribution in [0.3, 0.4) is 0 Å². The van der Waals surface area contributed by atoms with Crippen molar-refractivity contribution in [3.05, 3.63) is 11.1 Å². The third-order valence-corrected chi connectivity index (χ3v) is 5.03. The van der Waals surface area contributed by atoms with E-state index in [1.54, 1.807) is 11.1 Å². The van der Waals surface area contributed by atoms with Crippen LogP contribution in [0.5, 0.6) is 0 Å². The highest BCUT2D eigenvalue weighted by atomic mass is 15.2. The van der Waals surface area contributed by atoms with Gasteiger partial charge in [0, 0.05) is 25.2 Å². The van der Waals surface area contributed by atoms with Crippen molar-refractivity contribution in [3.8, 4) is 0 Å². The quantitative estimate of drug-likeness (QED) is 0.571. The first-order valence-electron chi connectivity index (χ1n) is 9.02. The summed E-state index contributed by atoms with van der Waals surface area (Å²) in [5, 5.41) is 0. The number of likely N-dealkylation sites (N-methyl/N-ethyl adjacent to an activating group) is 4. The Hall–Kier alpha value is -0.420. The smallest absolute Gasteiger partial charge is 0.0254 e. The summed E-state index contributed by atoms with van der Waals surface area (Å²) in [4.78, 5) is 9.42. The van der Waals surface area contributed by atoms with E-state index in [4.69, 9.17) is 0 Å². The Kier molecular flexibility index (Phi) is 8.76. The number of nitrogens with zero attached hydrogens (tertiary/aromatic N) is 4. The van der Waals surface area contributed by atoms with Gasteiger partial charge in [-0.2, -0.15) is 0 Å². The maximum absolute atomic E-state index is 2.40. The van der Waals surface area contributed by atoms with Gasteiger partial charge in [0.25, 0.3) is 0 Å². The van der Waals surface area contributed by atoms with Crippen LogP contribution in [0.15, 0.2) is 11.1 Å². The predicted molar refractivity (Wildman–Crippen MR) is 102 cm³/mol. The fraction of sp³-hybridized carbons (Fsp3) is 0.895. The topological polar surface area (TPSA) is 13.0 Å². The van der Waals surface area contributed by atoms with Crippen LogP contribution in [0.2, 0.25) is 0 Å². The van der Waals surface area contributed by atoms with Crippen LogP contribution in [0.1, 0.15) is 32.1 Å². The lowest BCUT2D eigenvalue weighted by Gasteiger charge is -2.30. The molecule has 1 aliphatic rings. The van der Waals surface area contributed by atoms with Gasteiger partial charge in [-0.1, -0.05) is 11.1 Å². The van der Waals surface area contributed by atoms with Crippen LogP contribution in [-0.2, 0) is 0 Å². The minimum atomic E-state index is 0.625. The molecule has 2 atom stereocenters. The molecule has 0 saturated heterocycles. The molecule has 0 radical (unpaired) electrons. The molecule has 0 N–H and O–H groups in total. The van der Waals surface area contributed by atoms with Gasteiger partial charge >= 0.3 is 0 Å². The van der Waals surface area contributed by atoms with Crippen molar-refractivity contribution in [2.45, 2.75) is 44.2 Å². The van der Waals surface area contributed by atoms with Gasteiger partial charge in [0.15, 0.2) is 0 Å². The van der Waals surface area contributed by atoms with E-state index < -0.39 is 0 Å².